The van der Waals surface area contributed by atoms with E-state index >= 15 is 0 Å². The maximum Gasteiger partial charge on any atom is 0.472 e. The lowest BCUT2D eigenvalue weighted by molar-refractivity contribution is -0.161. The molecule has 12 heteroatoms. The summed E-state index contributed by atoms with van der Waals surface area (Å²) in [6.07, 6.45) is 39.0. The number of phosphoric acid groups is 1. The SMILES string of the molecule is CCCCCCCCC=CCCCCCCCC(=O)OCC(COP(=O)(O)OCCNCCOCCOC)OC(=O)CCCCCCCC=CCCCCCCCC. The van der Waals surface area contributed by atoms with Gasteiger partial charge in [-0.2, -0.15) is 0 Å². The van der Waals surface area contributed by atoms with E-state index in [1.165, 1.54) is 89.9 Å². The van der Waals surface area contributed by atoms with E-state index in [0.717, 1.165) is 70.6 Å². The van der Waals surface area contributed by atoms with Gasteiger partial charge in [0, 0.05) is 33.0 Å². The van der Waals surface area contributed by atoms with E-state index in [2.05, 4.69) is 43.5 Å². The molecule has 0 saturated carbocycles. The monoisotopic (exact) mass is 846 g/mol. The van der Waals surface area contributed by atoms with Crippen molar-refractivity contribution in [3.8, 4) is 0 Å². The highest BCUT2D eigenvalue weighted by molar-refractivity contribution is 7.47. The lowest BCUT2D eigenvalue weighted by atomic mass is 10.1. The first-order chi connectivity index (χ1) is 28.3. The van der Waals surface area contributed by atoms with Gasteiger partial charge >= 0.3 is 19.8 Å². The van der Waals surface area contributed by atoms with Crippen LogP contribution in [0.5, 0.6) is 0 Å². The fourth-order valence-electron chi connectivity index (χ4n) is 6.26. The number of esters is 2. The van der Waals surface area contributed by atoms with Crippen LogP contribution in [0.4, 0.5) is 0 Å². The number of ether oxygens (including phenoxy) is 4. The van der Waals surface area contributed by atoms with Crippen LogP contribution >= 0.6 is 7.82 Å². The number of rotatable bonds is 46. The maximum absolute atomic E-state index is 12.7. The fraction of sp³-hybridized carbons (Fsp3) is 0.870. The number of hydrogen-bond donors (Lipinski definition) is 2. The molecule has 2 N–H and O–H groups in total. The molecular weight excluding hydrogens is 757 g/mol. The predicted octanol–water partition coefficient (Wildman–Crippen LogP) is 11.9. The standard InChI is InChI=1S/C46H88NO10P/c1-4-6-8-10-12-14-16-18-20-22-24-26-28-30-32-34-45(48)54-42-44(43-56-58(50,51)55-39-37-47-36-38-53-41-40-52-3)57-46(49)35-33-31-29-27-25-23-21-19-17-15-13-11-9-7-5-2/h18-21,44,47H,4-17,22-43H2,1-3H3,(H,50,51). The fourth-order valence-corrected chi connectivity index (χ4v) is 7.01. The van der Waals surface area contributed by atoms with Crippen LogP contribution in [0.15, 0.2) is 24.3 Å². The van der Waals surface area contributed by atoms with Crippen LogP contribution in [-0.4, -0.2) is 82.8 Å². The molecule has 0 saturated heterocycles. The van der Waals surface area contributed by atoms with Crippen LogP contribution in [0.25, 0.3) is 0 Å². The molecule has 0 aliphatic heterocycles. The topological polar surface area (TPSA) is 139 Å². The number of phosphoric ester groups is 1. The second-order valence-corrected chi connectivity index (χ2v) is 16.9. The van der Waals surface area contributed by atoms with Gasteiger partial charge in [0.05, 0.1) is 33.0 Å². The van der Waals surface area contributed by atoms with Crippen molar-refractivity contribution in [1.82, 2.24) is 5.32 Å². The first-order valence-corrected chi connectivity index (χ1v) is 24.9. The lowest BCUT2D eigenvalue weighted by Crippen LogP contribution is -2.29. The molecule has 0 aromatic heterocycles. The van der Waals surface area contributed by atoms with E-state index in [9.17, 15) is 19.0 Å². The van der Waals surface area contributed by atoms with E-state index < -0.39 is 32.5 Å². The normalized spacial score (nSPS) is 13.4. The van der Waals surface area contributed by atoms with Crippen molar-refractivity contribution in [2.45, 2.75) is 200 Å². The van der Waals surface area contributed by atoms with Gasteiger partial charge in [0.2, 0.25) is 0 Å². The number of allylic oxidation sites excluding steroid dienone is 4. The van der Waals surface area contributed by atoms with Crippen LogP contribution < -0.4 is 5.32 Å². The van der Waals surface area contributed by atoms with Crippen LogP contribution in [0, 0.1) is 0 Å². The Kier molecular flexibility index (Phi) is 43.7. The summed E-state index contributed by atoms with van der Waals surface area (Å²) in [5.74, 6) is -0.846. The van der Waals surface area contributed by atoms with Gasteiger partial charge in [0.15, 0.2) is 6.10 Å². The highest BCUT2D eigenvalue weighted by Gasteiger charge is 2.26. The Labute approximate surface area is 355 Å². The minimum Gasteiger partial charge on any atom is -0.462 e. The van der Waals surface area contributed by atoms with Crippen molar-refractivity contribution >= 4 is 19.8 Å². The molecule has 0 fully saturated rings. The Balaban J connectivity index is 4.45. The second kappa shape index (κ2) is 44.9. The molecule has 2 unspecified atom stereocenters. The molecular formula is C46H88NO10P. The van der Waals surface area contributed by atoms with Crippen molar-refractivity contribution in [3.05, 3.63) is 24.3 Å². The van der Waals surface area contributed by atoms with Gasteiger partial charge in [-0.15, -0.1) is 0 Å². The second-order valence-electron chi connectivity index (χ2n) is 15.4. The van der Waals surface area contributed by atoms with Gasteiger partial charge in [-0.3, -0.25) is 18.6 Å². The Morgan fingerprint density at radius 1 is 0.552 bits per heavy atom. The largest absolute Gasteiger partial charge is 0.472 e. The summed E-state index contributed by atoms with van der Waals surface area (Å²) in [4.78, 5) is 35.5. The molecule has 11 nitrogen and oxygen atoms in total. The van der Waals surface area contributed by atoms with Gasteiger partial charge in [-0.1, -0.05) is 141 Å². The first-order valence-electron chi connectivity index (χ1n) is 23.4. The molecule has 0 aromatic rings. The number of unbranched alkanes of at least 4 members (excludes halogenated alkanes) is 22. The van der Waals surface area contributed by atoms with Crippen LogP contribution in [-0.2, 0) is 42.1 Å². The average Bonchev–Trinajstić information content (AvgIpc) is 3.21. The van der Waals surface area contributed by atoms with Gasteiger partial charge < -0.3 is 29.2 Å². The number of methoxy groups -OCH3 is 1. The Morgan fingerprint density at radius 3 is 1.50 bits per heavy atom. The van der Waals surface area contributed by atoms with E-state index in [0.29, 0.717) is 39.3 Å². The Hall–Kier alpha value is -1.59. The van der Waals surface area contributed by atoms with Crippen molar-refractivity contribution in [3.63, 3.8) is 0 Å². The summed E-state index contributed by atoms with van der Waals surface area (Å²) in [6.45, 7) is 6.05. The molecule has 2 atom stereocenters. The summed E-state index contributed by atoms with van der Waals surface area (Å²) >= 11 is 0. The number of hydrogen-bond acceptors (Lipinski definition) is 10. The Morgan fingerprint density at radius 2 is 1.00 bits per heavy atom. The third-order valence-corrected chi connectivity index (χ3v) is 10.8. The molecule has 0 amide bonds. The van der Waals surface area contributed by atoms with Crippen LogP contribution in [0.2, 0.25) is 0 Å². The van der Waals surface area contributed by atoms with E-state index in [4.69, 9.17) is 28.0 Å². The predicted molar refractivity (Wildman–Crippen MR) is 237 cm³/mol. The molecule has 0 bridgehead atoms. The molecule has 0 aliphatic rings. The Bertz CT molecular complexity index is 1010. The van der Waals surface area contributed by atoms with Crippen molar-refractivity contribution in [1.29, 1.82) is 0 Å². The van der Waals surface area contributed by atoms with Gasteiger partial charge in [0.1, 0.15) is 6.61 Å². The molecule has 0 aromatic carbocycles. The molecule has 58 heavy (non-hydrogen) atoms. The third kappa shape index (κ3) is 44.0. The smallest absolute Gasteiger partial charge is 0.462 e. The zero-order chi connectivity index (χ0) is 42.5. The highest BCUT2D eigenvalue weighted by Crippen LogP contribution is 2.43. The minimum absolute atomic E-state index is 0.0727. The van der Waals surface area contributed by atoms with Crippen molar-refractivity contribution in [2.24, 2.45) is 0 Å². The summed E-state index contributed by atoms with van der Waals surface area (Å²) in [5, 5.41) is 3.05. The minimum atomic E-state index is -4.44. The number of carbonyl (C=O) groups is 2. The van der Waals surface area contributed by atoms with Crippen molar-refractivity contribution in [2.75, 3.05) is 59.8 Å². The number of nitrogens with one attached hydrogen (secondary N) is 1. The van der Waals surface area contributed by atoms with Gasteiger partial charge in [-0.05, 0) is 64.2 Å². The molecule has 0 radical (unpaired) electrons. The average molecular weight is 846 g/mol. The zero-order valence-corrected chi connectivity index (χ0v) is 38.3. The van der Waals surface area contributed by atoms with E-state index in [1.807, 2.05) is 0 Å². The summed E-state index contributed by atoms with van der Waals surface area (Å²) < 4.78 is 44.0. The highest BCUT2D eigenvalue weighted by atomic mass is 31.2. The van der Waals surface area contributed by atoms with E-state index in [1.54, 1.807) is 7.11 Å². The summed E-state index contributed by atoms with van der Waals surface area (Å²) in [5.41, 5.74) is 0. The van der Waals surface area contributed by atoms with Crippen LogP contribution in [0.3, 0.4) is 0 Å². The summed E-state index contributed by atoms with van der Waals surface area (Å²) in [6, 6.07) is 0. The zero-order valence-electron chi connectivity index (χ0n) is 37.4. The van der Waals surface area contributed by atoms with Gasteiger partial charge in [0.25, 0.3) is 0 Å². The third-order valence-electron chi connectivity index (χ3n) is 9.83. The molecule has 342 valence electrons. The lowest BCUT2D eigenvalue weighted by Gasteiger charge is -2.20. The first kappa shape index (κ1) is 56.4. The molecule has 0 spiro atoms. The summed E-state index contributed by atoms with van der Waals surface area (Å²) in [7, 11) is -2.83. The molecule has 0 rings (SSSR count). The molecule has 0 aliphatic carbocycles. The van der Waals surface area contributed by atoms with E-state index in [-0.39, 0.29) is 26.1 Å². The number of carbonyl (C=O) groups excluding carboxylic acids is 2. The maximum atomic E-state index is 12.7. The van der Waals surface area contributed by atoms with Gasteiger partial charge in [-0.25, -0.2) is 4.57 Å². The molecule has 0 heterocycles. The quantitative estimate of drug-likeness (QED) is 0.0262. The van der Waals surface area contributed by atoms with Crippen LogP contribution in [0.1, 0.15) is 194 Å². The van der Waals surface area contributed by atoms with Crippen molar-refractivity contribution < 1.29 is 47.0 Å².